The lowest BCUT2D eigenvalue weighted by atomic mass is 10.1. The Morgan fingerprint density at radius 2 is 1.72 bits per heavy atom. The fraction of sp³-hybridized carbons (Fsp3) is 0.0556. The normalized spacial score (nSPS) is 10.8. The number of H-pyrrole nitrogens is 1. The van der Waals surface area contributed by atoms with Crippen LogP contribution in [0.4, 0.5) is 0 Å². The molecule has 2 aromatic heterocycles. The number of aromatic nitrogens is 4. The Morgan fingerprint density at radius 1 is 1.00 bits per heavy atom. The van der Waals surface area contributed by atoms with Crippen molar-refractivity contribution in [3.63, 3.8) is 0 Å². The van der Waals surface area contributed by atoms with Crippen molar-refractivity contribution in [3.8, 4) is 39.8 Å². The number of ether oxygens (including phenoxy) is 1. The molecule has 0 bridgehead atoms. The average Bonchev–Trinajstić information content (AvgIpc) is 3.31. The maximum Gasteiger partial charge on any atom is 0.262 e. The minimum atomic E-state index is 0.393. The van der Waals surface area contributed by atoms with Gasteiger partial charge in [0.2, 0.25) is 5.82 Å². The Balaban J connectivity index is 1.69. The highest BCUT2D eigenvalue weighted by Gasteiger charge is 2.17. The molecular formula is C18H13ClN4O2. The van der Waals surface area contributed by atoms with Gasteiger partial charge in [-0.2, -0.15) is 10.1 Å². The van der Waals surface area contributed by atoms with Crippen molar-refractivity contribution in [3.05, 3.63) is 59.8 Å². The maximum absolute atomic E-state index is 5.95. The van der Waals surface area contributed by atoms with Crippen LogP contribution in [0.3, 0.4) is 0 Å². The molecule has 4 aromatic rings. The van der Waals surface area contributed by atoms with E-state index in [0.717, 1.165) is 28.1 Å². The van der Waals surface area contributed by atoms with Crippen molar-refractivity contribution >= 4 is 11.6 Å². The Bertz CT molecular complexity index is 991. The first-order chi connectivity index (χ1) is 12.2. The van der Waals surface area contributed by atoms with Crippen molar-refractivity contribution in [1.29, 1.82) is 0 Å². The highest BCUT2D eigenvalue weighted by atomic mass is 35.5. The maximum atomic E-state index is 5.95. The molecular weight excluding hydrogens is 340 g/mol. The number of hydrogen-bond acceptors (Lipinski definition) is 5. The second-order valence-electron chi connectivity index (χ2n) is 5.32. The predicted molar refractivity (Wildman–Crippen MR) is 94.3 cm³/mol. The van der Waals surface area contributed by atoms with Gasteiger partial charge in [0.25, 0.3) is 5.89 Å². The zero-order valence-corrected chi connectivity index (χ0v) is 14.0. The molecule has 0 saturated heterocycles. The van der Waals surface area contributed by atoms with Crippen LogP contribution >= 0.6 is 11.6 Å². The summed E-state index contributed by atoms with van der Waals surface area (Å²) in [6.45, 7) is 0. The van der Waals surface area contributed by atoms with E-state index < -0.39 is 0 Å². The van der Waals surface area contributed by atoms with E-state index in [1.807, 2.05) is 48.5 Å². The topological polar surface area (TPSA) is 76.8 Å². The quantitative estimate of drug-likeness (QED) is 0.587. The van der Waals surface area contributed by atoms with Gasteiger partial charge in [0.05, 0.1) is 24.6 Å². The van der Waals surface area contributed by atoms with Crippen molar-refractivity contribution in [2.75, 3.05) is 7.11 Å². The number of halogens is 1. The highest BCUT2D eigenvalue weighted by molar-refractivity contribution is 6.30. The van der Waals surface area contributed by atoms with E-state index >= 15 is 0 Å². The van der Waals surface area contributed by atoms with Crippen molar-refractivity contribution < 1.29 is 9.26 Å². The number of rotatable bonds is 4. The fourth-order valence-corrected chi connectivity index (χ4v) is 2.60. The number of nitrogens with one attached hydrogen (secondary N) is 1. The van der Waals surface area contributed by atoms with Crippen LogP contribution in [0.5, 0.6) is 5.75 Å². The lowest BCUT2D eigenvalue weighted by molar-refractivity contribution is 0.415. The summed E-state index contributed by atoms with van der Waals surface area (Å²) in [5.74, 6) is 1.66. The minimum absolute atomic E-state index is 0.393. The number of aromatic amines is 1. The van der Waals surface area contributed by atoms with Crippen molar-refractivity contribution in [2.24, 2.45) is 0 Å². The van der Waals surface area contributed by atoms with Gasteiger partial charge in [0, 0.05) is 16.1 Å². The van der Waals surface area contributed by atoms with Crippen LogP contribution in [-0.2, 0) is 0 Å². The third kappa shape index (κ3) is 2.99. The Hall–Kier alpha value is -3.12. The zero-order chi connectivity index (χ0) is 17.2. The van der Waals surface area contributed by atoms with E-state index in [0.29, 0.717) is 16.7 Å². The summed E-state index contributed by atoms with van der Waals surface area (Å²) < 4.78 is 10.6. The average molecular weight is 353 g/mol. The summed E-state index contributed by atoms with van der Waals surface area (Å²) in [5, 5.41) is 11.8. The van der Waals surface area contributed by atoms with Crippen LogP contribution in [0.1, 0.15) is 0 Å². The van der Waals surface area contributed by atoms with Crippen LogP contribution in [0.15, 0.2) is 59.3 Å². The van der Waals surface area contributed by atoms with Gasteiger partial charge >= 0.3 is 0 Å². The van der Waals surface area contributed by atoms with Gasteiger partial charge < -0.3 is 9.26 Å². The van der Waals surface area contributed by atoms with Gasteiger partial charge in [-0.05, 0) is 36.4 Å². The van der Waals surface area contributed by atoms with E-state index in [1.165, 1.54) is 0 Å². The third-order valence-electron chi connectivity index (χ3n) is 3.78. The summed E-state index contributed by atoms with van der Waals surface area (Å²) >= 11 is 5.95. The van der Waals surface area contributed by atoms with E-state index in [1.54, 1.807) is 13.3 Å². The molecule has 0 fully saturated rings. The standard InChI is InChI=1S/C18H13ClN4O2/c1-24-14-8-4-12(5-9-14)17-21-18(25-23-17)15-10-20-22-16(15)11-2-6-13(19)7-3-11/h2-10H,1H3,(H,20,22). The third-order valence-corrected chi connectivity index (χ3v) is 4.03. The number of methoxy groups -OCH3 is 1. The molecule has 0 unspecified atom stereocenters. The molecule has 0 aliphatic heterocycles. The second kappa shape index (κ2) is 6.41. The SMILES string of the molecule is COc1ccc(-c2noc(-c3cn[nH]c3-c3ccc(Cl)cc3)n2)cc1. The molecule has 2 heterocycles. The number of hydrogen-bond donors (Lipinski definition) is 1. The molecule has 124 valence electrons. The molecule has 0 aliphatic carbocycles. The highest BCUT2D eigenvalue weighted by Crippen LogP contribution is 2.31. The Labute approximate surface area is 148 Å². The molecule has 7 heteroatoms. The van der Waals surface area contributed by atoms with Gasteiger partial charge in [-0.25, -0.2) is 0 Å². The first-order valence-electron chi connectivity index (χ1n) is 7.52. The summed E-state index contributed by atoms with van der Waals surface area (Å²) in [5.41, 5.74) is 3.30. The predicted octanol–water partition coefficient (Wildman–Crippen LogP) is 4.46. The van der Waals surface area contributed by atoms with Crippen LogP contribution in [0.2, 0.25) is 5.02 Å². The van der Waals surface area contributed by atoms with Crippen LogP contribution in [0.25, 0.3) is 34.1 Å². The van der Waals surface area contributed by atoms with Crippen molar-refractivity contribution in [1.82, 2.24) is 20.3 Å². The molecule has 1 N–H and O–H groups in total. The molecule has 2 aromatic carbocycles. The Kier molecular flexibility index (Phi) is 3.95. The van der Waals surface area contributed by atoms with E-state index in [2.05, 4.69) is 20.3 Å². The summed E-state index contributed by atoms with van der Waals surface area (Å²) in [7, 11) is 1.62. The van der Waals surface area contributed by atoms with Gasteiger partial charge in [-0.15, -0.1) is 0 Å². The van der Waals surface area contributed by atoms with E-state index in [-0.39, 0.29) is 0 Å². The fourth-order valence-electron chi connectivity index (χ4n) is 2.48. The van der Waals surface area contributed by atoms with Gasteiger partial charge in [0.15, 0.2) is 0 Å². The monoisotopic (exact) mass is 352 g/mol. The molecule has 0 atom stereocenters. The smallest absolute Gasteiger partial charge is 0.262 e. The first kappa shape index (κ1) is 15.4. The zero-order valence-electron chi connectivity index (χ0n) is 13.2. The van der Waals surface area contributed by atoms with Crippen LogP contribution in [0, 0.1) is 0 Å². The first-order valence-corrected chi connectivity index (χ1v) is 7.90. The Morgan fingerprint density at radius 3 is 2.44 bits per heavy atom. The van der Waals surface area contributed by atoms with Crippen molar-refractivity contribution in [2.45, 2.75) is 0 Å². The molecule has 0 amide bonds. The number of nitrogens with zero attached hydrogens (tertiary/aromatic N) is 3. The molecule has 0 saturated carbocycles. The lowest BCUT2D eigenvalue weighted by Gasteiger charge is -2.00. The minimum Gasteiger partial charge on any atom is -0.497 e. The van der Waals surface area contributed by atoms with Crippen LogP contribution in [-0.4, -0.2) is 27.4 Å². The summed E-state index contributed by atoms with van der Waals surface area (Å²) in [4.78, 5) is 4.48. The van der Waals surface area contributed by atoms with Gasteiger partial charge in [0.1, 0.15) is 5.75 Å². The largest absolute Gasteiger partial charge is 0.497 e. The van der Waals surface area contributed by atoms with E-state index in [9.17, 15) is 0 Å². The molecule has 25 heavy (non-hydrogen) atoms. The summed E-state index contributed by atoms with van der Waals surface area (Å²) in [6.07, 6.45) is 1.66. The summed E-state index contributed by atoms with van der Waals surface area (Å²) in [6, 6.07) is 14.9. The van der Waals surface area contributed by atoms with Gasteiger partial charge in [-0.3, -0.25) is 5.10 Å². The number of benzene rings is 2. The molecule has 4 rings (SSSR count). The lowest BCUT2D eigenvalue weighted by Crippen LogP contribution is -1.85. The molecule has 0 spiro atoms. The molecule has 0 radical (unpaired) electrons. The molecule has 6 nitrogen and oxygen atoms in total. The molecule has 0 aliphatic rings. The van der Waals surface area contributed by atoms with Gasteiger partial charge in [-0.1, -0.05) is 28.9 Å². The second-order valence-corrected chi connectivity index (χ2v) is 5.75. The van der Waals surface area contributed by atoms with Crippen LogP contribution < -0.4 is 4.74 Å². The van der Waals surface area contributed by atoms with E-state index in [4.69, 9.17) is 20.9 Å².